The molecule has 0 aliphatic heterocycles. The van der Waals surface area contributed by atoms with Crippen LogP contribution in [0.3, 0.4) is 0 Å². The number of rotatable bonds is 5. The monoisotopic (exact) mass is 212 g/mol. The number of carbonyl (C=O) groups excluding carboxylic acids is 2. The minimum absolute atomic E-state index is 0.0815. The highest BCUT2D eigenvalue weighted by atomic mass is 16.1. The molecule has 0 fully saturated rings. The highest BCUT2D eigenvalue weighted by Crippen LogP contribution is 1.95. The van der Waals surface area contributed by atoms with Crippen molar-refractivity contribution >= 4 is 24.4 Å². The predicted octanol–water partition coefficient (Wildman–Crippen LogP) is 0.0529. The number of hydrazone groups is 1. The van der Waals surface area contributed by atoms with Crippen molar-refractivity contribution in [1.29, 1.82) is 0 Å². The van der Waals surface area contributed by atoms with Gasteiger partial charge in [-0.1, -0.05) is 0 Å². The number of carbonyl (C=O) groups is 2. The molecule has 2 N–H and O–H groups in total. The first-order valence-electron chi connectivity index (χ1n) is 4.58. The number of nitrogens with zero attached hydrogens (tertiary/aromatic N) is 2. The molecular formula is C9H16N4O2. The molecule has 0 atom stereocenters. The smallest absolute Gasteiger partial charge is 0.226 e. The van der Waals surface area contributed by atoms with E-state index in [1.54, 1.807) is 0 Å². The van der Waals surface area contributed by atoms with E-state index in [4.69, 9.17) is 0 Å². The third-order valence-corrected chi connectivity index (χ3v) is 1.60. The summed E-state index contributed by atoms with van der Waals surface area (Å²) in [5, 5.41) is 5.87. The van der Waals surface area contributed by atoms with Gasteiger partial charge in [0.25, 0.3) is 0 Å². The summed E-state index contributed by atoms with van der Waals surface area (Å²) in [6.07, 6.45) is 1.25. The molecule has 0 saturated heterocycles. The van der Waals surface area contributed by atoms with Crippen LogP contribution in [0.25, 0.3) is 0 Å². The fourth-order valence-corrected chi connectivity index (χ4v) is 0.901. The van der Waals surface area contributed by atoms with E-state index in [-0.39, 0.29) is 24.1 Å². The van der Waals surface area contributed by atoms with Gasteiger partial charge < -0.3 is 4.79 Å². The first kappa shape index (κ1) is 13.3. The van der Waals surface area contributed by atoms with Crippen LogP contribution in [0.15, 0.2) is 10.1 Å². The number of Topliss-reactive ketones (excluding diaryl/α,β-unsaturated/α-hetero) is 1. The highest BCUT2D eigenvalue weighted by molar-refractivity contribution is 5.96. The van der Waals surface area contributed by atoms with Crippen LogP contribution in [0.1, 0.15) is 26.2 Å². The molecule has 0 bridgehead atoms. The standard InChI is InChI=1S/C9H16N4O2/c1-7(14)5-4-6-8(15)12-9(10-2)13-11-3/h3-6H2,1-2H3,(H2,10,12,13,15). The van der Waals surface area contributed by atoms with Gasteiger partial charge in [0.15, 0.2) is 0 Å². The lowest BCUT2D eigenvalue weighted by Crippen LogP contribution is -2.38. The lowest BCUT2D eigenvalue weighted by Gasteiger charge is -2.05. The van der Waals surface area contributed by atoms with Gasteiger partial charge in [-0.3, -0.25) is 15.1 Å². The quantitative estimate of drug-likeness (QED) is 0.384. The predicted molar refractivity (Wildman–Crippen MR) is 58.7 cm³/mol. The molecule has 0 saturated carbocycles. The molecule has 0 aliphatic rings. The Morgan fingerprint density at radius 3 is 2.47 bits per heavy atom. The maximum Gasteiger partial charge on any atom is 0.226 e. The van der Waals surface area contributed by atoms with Gasteiger partial charge in [0, 0.05) is 26.6 Å². The molecule has 0 aromatic heterocycles. The molecule has 0 radical (unpaired) electrons. The zero-order valence-corrected chi connectivity index (χ0v) is 9.04. The van der Waals surface area contributed by atoms with Crippen molar-refractivity contribution < 1.29 is 9.59 Å². The molecule has 0 spiro atoms. The molecular weight excluding hydrogens is 196 g/mol. The highest BCUT2D eigenvalue weighted by Gasteiger charge is 2.04. The first-order chi connectivity index (χ1) is 7.10. The van der Waals surface area contributed by atoms with Gasteiger partial charge in [-0.05, 0) is 13.3 Å². The first-order valence-corrected chi connectivity index (χ1v) is 4.58. The normalized spacial score (nSPS) is 10.7. The van der Waals surface area contributed by atoms with Gasteiger partial charge >= 0.3 is 0 Å². The van der Waals surface area contributed by atoms with Gasteiger partial charge in [0.2, 0.25) is 11.9 Å². The lowest BCUT2D eigenvalue weighted by atomic mass is 10.2. The Morgan fingerprint density at radius 1 is 1.33 bits per heavy atom. The van der Waals surface area contributed by atoms with Crippen LogP contribution in [0.4, 0.5) is 0 Å². The Kier molecular flexibility index (Phi) is 6.78. The summed E-state index contributed by atoms with van der Waals surface area (Å²) in [5.74, 6) is 0.129. The minimum atomic E-state index is -0.201. The molecule has 6 nitrogen and oxygen atoms in total. The number of hydrogen-bond acceptors (Lipinski definition) is 4. The van der Waals surface area contributed by atoms with Gasteiger partial charge in [0.05, 0.1) is 0 Å². The maximum atomic E-state index is 11.3. The summed E-state index contributed by atoms with van der Waals surface area (Å²) in [6.45, 7) is 4.70. The second-order valence-electron chi connectivity index (χ2n) is 2.95. The van der Waals surface area contributed by atoms with Crippen LogP contribution in [-0.4, -0.2) is 31.4 Å². The zero-order valence-electron chi connectivity index (χ0n) is 9.04. The molecule has 0 unspecified atom stereocenters. The molecule has 0 rings (SSSR count). The third-order valence-electron chi connectivity index (χ3n) is 1.60. The molecule has 15 heavy (non-hydrogen) atoms. The summed E-state index contributed by atoms with van der Waals surface area (Å²) < 4.78 is 0. The van der Waals surface area contributed by atoms with Gasteiger partial charge in [-0.2, -0.15) is 5.10 Å². The molecule has 0 aromatic carbocycles. The van der Waals surface area contributed by atoms with Crippen molar-refractivity contribution in [2.75, 3.05) is 7.05 Å². The SMILES string of the molecule is C=NNC(=NC)NC(=O)CCCC(C)=O. The number of nitrogens with one attached hydrogen (secondary N) is 2. The largest absolute Gasteiger partial charge is 0.300 e. The number of guanidine groups is 1. The minimum Gasteiger partial charge on any atom is -0.300 e. The third kappa shape index (κ3) is 7.36. The van der Waals surface area contributed by atoms with Crippen molar-refractivity contribution in [1.82, 2.24) is 10.7 Å². The summed E-state index contributed by atoms with van der Waals surface area (Å²) in [5.41, 5.74) is 2.43. The number of aliphatic imine (C=N–C) groups is 1. The fourth-order valence-electron chi connectivity index (χ4n) is 0.901. The molecule has 0 heterocycles. The Bertz CT molecular complexity index is 273. The molecule has 0 aromatic rings. The van der Waals surface area contributed by atoms with E-state index in [1.165, 1.54) is 14.0 Å². The lowest BCUT2D eigenvalue weighted by molar-refractivity contribution is -0.120. The van der Waals surface area contributed by atoms with Crippen LogP contribution in [0, 0.1) is 0 Å². The number of hydrogen-bond donors (Lipinski definition) is 2. The van der Waals surface area contributed by atoms with E-state index < -0.39 is 0 Å². The van der Waals surface area contributed by atoms with Crippen molar-refractivity contribution in [2.45, 2.75) is 26.2 Å². The van der Waals surface area contributed by atoms with E-state index in [0.717, 1.165) is 0 Å². The van der Waals surface area contributed by atoms with Crippen molar-refractivity contribution in [3.63, 3.8) is 0 Å². The Morgan fingerprint density at radius 2 is 2.00 bits per heavy atom. The van der Waals surface area contributed by atoms with Crippen LogP contribution in [0.2, 0.25) is 0 Å². The Labute approximate surface area is 88.8 Å². The van der Waals surface area contributed by atoms with Gasteiger partial charge in [0.1, 0.15) is 5.78 Å². The molecule has 1 amide bonds. The van der Waals surface area contributed by atoms with E-state index in [0.29, 0.717) is 12.8 Å². The average molecular weight is 212 g/mol. The van der Waals surface area contributed by atoms with E-state index in [2.05, 4.69) is 27.6 Å². The fraction of sp³-hybridized carbons (Fsp3) is 0.556. The van der Waals surface area contributed by atoms with Crippen LogP contribution in [0.5, 0.6) is 0 Å². The summed E-state index contributed by atoms with van der Waals surface area (Å²) in [4.78, 5) is 25.6. The number of ketones is 1. The van der Waals surface area contributed by atoms with Crippen molar-refractivity contribution in [2.24, 2.45) is 10.1 Å². The van der Waals surface area contributed by atoms with E-state index >= 15 is 0 Å². The van der Waals surface area contributed by atoms with Crippen LogP contribution >= 0.6 is 0 Å². The zero-order chi connectivity index (χ0) is 11.7. The summed E-state index contributed by atoms with van der Waals surface area (Å²) in [7, 11) is 1.52. The second kappa shape index (κ2) is 7.66. The van der Waals surface area contributed by atoms with Gasteiger partial charge in [-0.25, -0.2) is 5.43 Å². The topological polar surface area (TPSA) is 82.9 Å². The van der Waals surface area contributed by atoms with E-state index in [1.807, 2.05) is 0 Å². The Hall–Kier alpha value is -1.72. The van der Waals surface area contributed by atoms with Gasteiger partial charge in [-0.15, -0.1) is 0 Å². The van der Waals surface area contributed by atoms with Crippen LogP contribution in [-0.2, 0) is 9.59 Å². The average Bonchev–Trinajstić information content (AvgIpc) is 2.16. The second-order valence-corrected chi connectivity index (χ2v) is 2.95. The number of amides is 1. The molecule has 84 valence electrons. The van der Waals surface area contributed by atoms with Crippen molar-refractivity contribution in [3.8, 4) is 0 Å². The van der Waals surface area contributed by atoms with Crippen LogP contribution < -0.4 is 10.7 Å². The Balaban J connectivity index is 3.81. The van der Waals surface area contributed by atoms with Crippen molar-refractivity contribution in [3.05, 3.63) is 0 Å². The maximum absolute atomic E-state index is 11.3. The van der Waals surface area contributed by atoms with E-state index in [9.17, 15) is 9.59 Å². The molecule has 6 heteroatoms. The summed E-state index contributed by atoms with van der Waals surface area (Å²) in [6, 6.07) is 0. The summed E-state index contributed by atoms with van der Waals surface area (Å²) >= 11 is 0. The molecule has 0 aliphatic carbocycles.